The number of hydrogen-bond donors (Lipinski definition) is 1. The molecule has 1 nitrogen and oxygen atoms in total. The molecule has 1 N–H and O–H groups in total. The summed E-state index contributed by atoms with van der Waals surface area (Å²) in [5.41, 5.74) is 0.432. The lowest BCUT2D eigenvalue weighted by atomic mass is 9.82. The van der Waals surface area contributed by atoms with E-state index in [0.29, 0.717) is 5.41 Å². The van der Waals surface area contributed by atoms with Gasteiger partial charge in [0.2, 0.25) is 0 Å². The van der Waals surface area contributed by atoms with Crippen molar-refractivity contribution < 1.29 is 0 Å². The fourth-order valence-corrected chi connectivity index (χ4v) is 2.92. The maximum absolute atomic E-state index is 3.68. The highest BCUT2D eigenvalue weighted by atomic mass is 14.9. The molecule has 0 aromatic carbocycles. The van der Waals surface area contributed by atoms with E-state index in [1.54, 1.807) is 0 Å². The second-order valence-corrected chi connectivity index (χ2v) is 6.97. The van der Waals surface area contributed by atoms with Gasteiger partial charge in [0.15, 0.2) is 0 Å². The average molecular weight is 221 g/mol. The Morgan fingerprint density at radius 1 is 1.25 bits per heavy atom. The van der Waals surface area contributed by atoms with Crippen LogP contribution in [0.2, 0.25) is 0 Å². The van der Waals surface area contributed by atoms with Crippen molar-refractivity contribution in [2.24, 2.45) is 29.1 Å². The minimum atomic E-state index is 0.432. The lowest BCUT2D eigenvalue weighted by molar-refractivity contribution is 0.246. The third-order valence-corrected chi connectivity index (χ3v) is 4.75. The first kappa shape index (κ1) is 12.2. The van der Waals surface area contributed by atoms with Crippen molar-refractivity contribution in [3.63, 3.8) is 0 Å². The summed E-state index contributed by atoms with van der Waals surface area (Å²) >= 11 is 0. The first-order chi connectivity index (χ1) is 7.47. The number of fused-ring (bicyclic) bond motifs is 2. The van der Waals surface area contributed by atoms with E-state index in [4.69, 9.17) is 0 Å². The quantitative estimate of drug-likeness (QED) is 0.717. The van der Waals surface area contributed by atoms with Gasteiger partial charge in [-0.25, -0.2) is 0 Å². The van der Waals surface area contributed by atoms with Crippen LogP contribution in [0.15, 0.2) is 12.2 Å². The molecule has 1 heteroatoms. The Labute approximate surface area is 101 Å². The molecule has 2 rings (SSSR count). The van der Waals surface area contributed by atoms with Crippen molar-refractivity contribution in [3.8, 4) is 0 Å². The van der Waals surface area contributed by atoms with E-state index in [2.05, 4.69) is 45.2 Å². The van der Waals surface area contributed by atoms with Gasteiger partial charge in [0.05, 0.1) is 0 Å². The third-order valence-electron chi connectivity index (χ3n) is 4.75. The van der Waals surface area contributed by atoms with Crippen LogP contribution in [0.5, 0.6) is 0 Å². The van der Waals surface area contributed by atoms with Crippen LogP contribution >= 0.6 is 0 Å². The van der Waals surface area contributed by atoms with Crippen LogP contribution in [0.25, 0.3) is 0 Å². The number of nitrogens with one attached hydrogen (secondary N) is 1. The van der Waals surface area contributed by atoms with Crippen molar-refractivity contribution in [2.45, 2.75) is 40.5 Å². The average Bonchev–Trinajstić information content (AvgIpc) is 2.77. The third kappa shape index (κ3) is 2.68. The highest BCUT2D eigenvalue weighted by molar-refractivity contribution is 5.10. The minimum absolute atomic E-state index is 0.432. The summed E-state index contributed by atoms with van der Waals surface area (Å²) in [5.74, 6) is 3.48. The van der Waals surface area contributed by atoms with Crippen molar-refractivity contribution in [1.82, 2.24) is 5.32 Å². The fraction of sp³-hybridized carbons (Fsp3) is 0.867. The molecule has 2 bridgehead atoms. The molecule has 1 saturated carbocycles. The first-order valence-electron chi connectivity index (χ1n) is 6.86. The van der Waals surface area contributed by atoms with Crippen molar-refractivity contribution >= 4 is 0 Å². The molecule has 0 aliphatic heterocycles. The number of hydrogen-bond acceptors (Lipinski definition) is 1. The van der Waals surface area contributed by atoms with Gasteiger partial charge in [-0.3, -0.25) is 0 Å². The van der Waals surface area contributed by atoms with Crippen LogP contribution in [0.4, 0.5) is 0 Å². The Balaban J connectivity index is 1.67. The van der Waals surface area contributed by atoms with E-state index in [1.165, 1.54) is 25.9 Å². The molecule has 4 unspecified atom stereocenters. The number of allylic oxidation sites excluding steroid dienone is 2. The molecule has 16 heavy (non-hydrogen) atoms. The smallest absolute Gasteiger partial charge is 0.00146 e. The molecule has 0 saturated heterocycles. The Hall–Kier alpha value is -0.300. The lowest BCUT2D eigenvalue weighted by Gasteiger charge is -2.28. The summed E-state index contributed by atoms with van der Waals surface area (Å²) in [6.07, 6.45) is 7.74. The predicted molar refractivity (Wildman–Crippen MR) is 70.3 cm³/mol. The van der Waals surface area contributed by atoms with Gasteiger partial charge >= 0.3 is 0 Å². The van der Waals surface area contributed by atoms with Crippen LogP contribution in [0, 0.1) is 29.1 Å². The van der Waals surface area contributed by atoms with Gasteiger partial charge in [0.1, 0.15) is 0 Å². The minimum Gasteiger partial charge on any atom is -0.316 e. The Morgan fingerprint density at radius 3 is 2.50 bits per heavy atom. The second-order valence-electron chi connectivity index (χ2n) is 6.97. The standard InChI is InChI=1S/C15H27N/c1-11(15(2,3)4)9-16-10-14-8-12-5-6-13(14)7-12/h5-6,11-14,16H,7-10H2,1-4H3. The lowest BCUT2D eigenvalue weighted by Crippen LogP contribution is -2.33. The molecule has 92 valence electrons. The predicted octanol–water partition coefficient (Wildman–Crippen LogP) is 3.47. The summed E-state index contributed by atoms with van der Waals surface area (Å²) in [4.78, 5) is 0. The van der Waals surface area contributed by atoms with Crippen LogP contribution in [0.1, 0.15) is 40.5 Å². The normalized spacial score (nSPS) is 34.6. The van der Waals surface area contributed by atoms with Crippen LogP contribution in [0.3, 0.4) is 0 Å². The zero-order valence-electron chi connectivity index (χ0n) is 11.3. The molecule has 0 spiro atoms. The molecular formula is C15H27N. The molecular weight excluding hydrogens is 194 g/mol. The summed E-state index contributed by atoms with van der Waals surface area (Å²) in [6.45, 7) is 11.7. The monoisotopic (exact) mass is 221 g/mol. The van der Waals surface area contributed by atoms with Gasteiger partial charge in [-0.1, -0.05) is 39.8 Å². The molecule has 4 atom stereocenters. The zero-order chi connectivity index (χ0) is 11.8. The SMILES string of the molecule is CC(CNCC1CC2C=CC1C2)C(C)(C)C. The highest BCUT2D eigenvalue weighted by Gasteiger charge is 2.35. The van der Waals surface area contributed by atoms with Gasteiger partial charge in [-0.05, 0) is 55.0 Å². The second kappa shape index (κ2) is 4.52. The van der Waals surface area contributed by atoms with Crippen molar-refractivity contribution in [1.29, 1.82) is 0 Å². The van der Waals surface area contributed by atoms with Gasteiger partial charge in [0.25, 0.3) is 0 Å². The Kier molecular flexibility index (Phi) is 3.44. The van der Waals surface area contributed by atoms with Crippen LogP contribution < -0.4 is 5.32 Å². The van der Waals surface area contributed by atoms with Crippen LogP contribution in [-0.2, 0) is 0 Å². The van der Waals surface area contributed by atoms with Gasteiger partial charge < -0.3 is 5.32 Å². The first-order valence-corrected chi connectivity index (χ1v) is 6.86. The van der Waals surface area contributed by atoms with E-state index >= 15 is 0 Å². The molecule has 0 amide bonds. The summed E-state index contributed by atoms with van der Waals surface area (Å²) < 4.78 is 0. The summed E-state index contributed by atoms with van der Waals surface area (Å²) in [5, 5.41) is 3.68. The Bertz CT molecular complexity index is 261. The topological polar surface area (TPSA) is 12.0 Å². The van der Waals surface area contributed by atoms with Crippen LogP contribution in [-0.4, -0.2) is 13.1 Å². The van der Waals surface area contributed by atoms with E-state index < -0.39 is 0 Å². The van der Waals surface area contributed by atoms with E-state index in [1.807, 2.05) is 0 Å². The summed E-state index contributed by atoms with van der Waals surface area (Å²) in [7, 11) is 0. The van der Waals surface area contributed by atoms with E-state index in [9.17, 15) is 0 Å². The summed E-state index contributed by atoms with van der Waals surface area (Å²) in [6, 6.07) is 0. The Morgan fingerprint density at radius 2 is 2.00 bits per heavy atom. The van der Waals surface area contributed by atoms with Crippen molar-refractivity contribution in [2.75, 3.05) is 13.1 Å². The van der Waals surface area contributed by atoms with Gasteiger partial charge in [-0.15, -0.1) is 0 Å². The van der Waals surface area contributed by atoms with E-state index in [0.717, 1.165) is 23.7 Å². The maximum Gasteiger partial charge on any atom is -0.00146 e. The van der Waals surface area contributed by atoms with Gasteiger partial charge in [-0.2, -0.15) is 0 Å². The number of rotatable bonds is 4. The van der Waals surface area contributed by atoms with Crippen molar-refractivity contribution in [3.05, 3.63) is 12.2 Å². The van der Waals surface area contributed by atoms with E-state index in [-0.39, 0.29) is 0 Å². The molecule has 0 radical (unpaired) electrons. The fourth-order valence-electron chi connectivity index (χ4n) is 2.92. The molecule has 0 heterocycles. The molecule has 0 aromatic heterocycles. The zero-order valence-corrected chi connectivity index (χ0v) is 11.3. The largest absolute Gasteiger partial charge is 0.316 e. The highest BCUT2D eigenvalue weighted by Crippen LogP contribution is 2.42. The molecule has 1 fully saturated rings. The molecule has 0 aromatic rings. The van der Waals surface area contributed by atoms with Gasteiger partial charge in [0, 0.05) is 0 Å². The maximum atomic E-state index is 3.68. The molecule has 2 aliphatic carbocycles. The molecule has 2 aliphatic rings.